The molecule has 9 nitrogen and oxygen atoms in total. The molecule has 4 rings (SSSR count). The molecule has 1 aromatic carbocycles. The number of benzene rings is 1. The molecule has 1 aliphatic carbocycles. The number of aromatic nitrogens is 2. The zero-order chi connectivity index (χ0) is 24.5. The molecule has 0 saturated heterocycles. The van der Waals surface area contributed by atoms with E-state index in [4.69, 9.17) is 14.6 Å². The van der Waals surface area contributed by atoms with Crippen LogP contribution in [0.1, 0.15) is 18.4 Å². The fourth-order valence-electron chi connectivity index (χ4n) is 4.20. The first-order chi connectivity index (χ1) is 16.2. The minimum absolute atomic E-state index is 0.0337. The SMILES string of the molecule is Cn1c2c(c(=O)n(CCOCCO)c1=O)CC1CCC1C(Oc1cccc(OC(F)(F)F)c1)=N2. The Morgan fingerprint density at radius 1 is 1.18 bits per heavy atom. The van der Waals surface area contributed by atoms with Crippen molar-refractivity contribution in [1.29, 1.82) is 0 Å². The molecule has 2 atom stereocenters. The van der Waals surface area contributed by atoms with Crippen LogP contribution in [0.25, 0.3) is 0 Å². The predicted molar refractivity (Wildman–Crippen MR) is 115 cm³/mol. The number of aliphatic imine (C=N–C) groups is 1. The number of aliphatic hydroxyl groups is 1. The number of ether oxygens (including phenoxy) is 3. The molecule has 1 fully saturated rings. The number of alkyl halides is 3. The summed E-state index contributed by atoms with van der Waals surface area (Å²) >= 11 is 0. The van der Waals surface area contributed by atoms with Crippen LogP contribution in [0, 0.1) is 11.8 Å². The Morgan fingerprint density at radius 3 is 2.62 bits per heavy atom. The average molecular weight is 483 g/mol. The maximum Gasteiger partial charge on any atom is 0.573 e. The lowest BCUT2D eigenvalue weighted by Crippen LogP contribution is -2.42. The Morgan fingerprint density at radius 2 is 1.94 bits per heavy atom. The smallest absolute Gasteiger partial charge is 0.442 e. The molecule has 184 valence electrons. The highest BCUT2D eigenvalue weighted by Crippen LogP contribution is 2.42. The van der Waals surface area contributed by atoms with Gasteiger partial charge in [0.1, 0.15) is 17.3 Å². The summed E-state index contributed by atoms with van der Waals surface area (Å²) in [6.45, 7) is 0.0628. The molecule has 0 spiro atoms. The molecule has 0 radical (unpaired) electrons. The molecule has 2 unspecified atom stereocenters. The Labute approximate surface area is 192 Å². The van der Waals surface area contributed by atoms with Crippen molar-refractivity contribution in [3.8, 4) is 11.5 Å². The lowest BCUT2D eigenvalue weighted by Gasteiger charge is -2.35. The van der Waals surface area contributed by atoms with Crippen molar-refractivity contribution < 1.29 is 32.5 Å². The van der Waals surface area contributed by atoms with Crippen LogP contribution in [0.4, 0.5) is 19.0 Å². The van der Waals surface area contributed by atoms with Gasteiger partial charge < -0.3 is 19.3 Å². The standard InChI is InChI=1S/C22H24F3N3O6/c1-27-18-17(20(30)28(21(27)31)7-9-32-10-8-29)11-13-5-6-16(13)19(26-18)33-14-3-2-4-15(12-14)34-22(23,24)25/h2-4,12-13,16,29H,5-11H2,1H3. The van der Waals surface area contributed by atoms with E-state index in [9.17, 15) is 22.8 Å². The zero-order valence-corrected chi connectivity index (χ0v) is 18.4. The summed E-state index contributed by atoms with van der Waals surface area (Å²) in [4.78, 5) is 30.5. The number of hydrogen-bond donors (Lipinski definition) is 1. The van der Waals surface area contributed by atoms with Crippen molar-refractivity contribution in [3.05, 3.63) is 50.7 Å². The highest BCUT2D eigenvalue weighted by Gasteiger charge is 2.40. The van der Waals surface area contributed by atoms with Gasteiger partial charge in [-0.1, -0.05) is 6.07 Å². The van der Waals surface area contributed by atoms with Crippen LogP contribution in [0.5, 0.6) is 11.5 Å². The van der Waals surface area contributed by atoms with Gasteiger partial charge in [0.15, 0.2) is 5.90 Å². The first-order valence-corrected chi connectivity index (χ1v) is 10.8. The number of nitrogens with zero attached hydrogens (tertiary/aromatic N) is 3. The molecule has 0 amide bonds. The van der Waals surface area contributed by atoms with Gasteiger partial charge in [0.25, 0.3) is 5.56 Å². The zero-order valence-electron chi connectivity index (χ0n) is 18.4. The highest BCUT2D eigenvalue weighted by atomic mass is 19.4. The van der Waals surface area contributed by atoms with Gasteiger partial charge >= 0.3 is 12.1 Å². The molecule has 2 heterocycles. The molecule has 34 heavy (non-hydrogen) atoms. The minimum Gasteiger partial charge on any atom is -0.442 e. The van der Waals surface area contributed by atoms with E-state index in [1.54, 1.807) is 0 Å². The number of rotatable bonds is 7. The lowest BCUT2D eigenvalue weighted by molar-refractivity contribution is -0.274. The minimum atomic E-state index is -4.84. The number of aliphatic hydroxyl groups excluding tert-OH is 1. The third-order valence-electron chi connectivity index (χ3n) is 5.98. The van der Waals surface area contributed by atoms with Gasteiger partial charge in [-0.05, 0) is 37.3 Å². The Bertz CT molecular complexity index is 1200. The van der Waals surface area contributed by atoms with E-state index in [0.29, 0.717) is 12.0 Å². The molecule has 12 heteroatoms. The maximum atomic E-state index is 13.1. The average Bonchev–Trinajstić information content (AvgIpc) is 2.84. The normalized spacial score (nSPS) is 19.4. The van der Waals surface area contributed by atoms with E-state index < -0.39 is 23.4 Å². The topological polar surface area (TPSA) is 104 Å². The van der Waals surface area contributed by atoms with E-state index in [-0.39, 0.29) is 55.7 Å². The molecular weight excluding hydrogens is 459 g/mol. The summed E-state index contributed by atoms with van der Waals surface area (Å²) in [5, 5.41) is 8.82. The maximum absolute atomic E-state index is 13.1. The second-order valence-electron chi connectivity index (χ2n) is 8.16. The van der Waals surface area contributed by atoms with Gasteiger partial charge in [0, 0.05) is 19.0 Å². The Balaban J connectivity index is 1.68. The van der Waals surface area contributed by atoms with Crippen molar-refractivity contribution in [3.63, 3.8) is 0 Å². The summed E-state index contributed by atoms with van der Waals surface area (Å²) in [5.41, 5.74) is -0.650. The summed E-state index contributed by atoms with van der Waals surface area (Å²) in [5.74, 6) is 0.0269. The third-order valence-corrected chi connectivity index (χ3v) is 5.98. The molecule has 1 N–H and O–H groups in total. The van der Waals surface area contributed by atoms with Crippen molar-refractivity contribution in [1.82, 2.24) is 9.13 Å². The molecular formula is C22H24F3N3O6. The fraction of sp³-hybridized carbons (Fsp3) is 0.500. The lowest BCUT2D eigenvalue weighted by atomic mass is 9.71. The first kappa shape index (κ1) is 24.0. The number of hydrogen-bond acceptors (Lipinski definition) is 7. The van der Waals surface area contributed by atoms with Gasteiger partial charge in [-0.25, -0.2) is 4.79 Å². The van der Waals surface area contributed by atoms with Crippen LogP contribution >= 0.6 is 0 Å². The van der Waals surface area contributed by atoms with Crippen molar-refractivity contribution in [2.45, 2.75) is 32.2 Å². The monoisotopic (exact) mass is 483 g/mol. The molecule has 1 aromatic heterocycles. The third kappa shape index (κ3) is 5.02. The van der Waals surface area contributed by atoms with Gasteiger partial charge in [-0.15, -0.1) is 13.2 Å². The van der Waals surface area contributed by atoms with Crippen LogP contribution in [0.2, 0.25) is 0 Å². The van der Waals surface area contributed by atoms with Crippen LogP contribution in [0.3, 0.4) is 0 Å². The molecule has 2 aliphatic rings. The number of halogens is 3. The van der Waals surface area contributed by atoms with Crippen LogP contribution in [-0.2, 0) is 24.8 Å². The molecule has 1 saturated carbocycles. The highest BCUT2D eigenvalue weighted by molar-refractivity contribution is 5.85. The Hall–Kier alpha value is -3.12. The summed E-state index contributed by atoms with van der Waals surface area (Å²) < 4.78 is 55.1. The van der Waals surface area contributed by atoms with Crippen LogP contribution < -0.4 is 20.7 Å². The van der Waals surface area contributed by atoms with Crippen molar-refractivity contribution in [2.24, 2.45) is 23.9 Å². The van der Waals surface area contributed by atoms with Gasteiger partial charge in [0.05, 0.1) is 31.9 Å². The quantitative estimate of drug-likeness (QED) is 0.606. The molecule has 0 bridgehead atoms. The van der Waals surface area contributed by atoms with Gasteiger partial charge in [-0.3, -0.25) is 13.9 Å². The van der Waals surface area contributed by atoms with Crippen molar-refractivity contribution in [2.75, 3.05) is 19.8 Å². The summed E-state index contributed by atoms with van der Waals surface area (Å²) in [6.07, 6.45) is -2.87. The van der Waals surface area contributed by atoms with Crippen molar-refractivity contribution >= 4 is 11.7 Å². The van der Waals surface area contributed by atoms with E-state index in [1.807, 2.05) is 0 Å². The van der Waals surface area contributed by atoms with E-state index in [2.05, 4.69) is 9.73 Å². The van der Waals surface area contributed by atoms with Crippen LogP contribution in [0.15, 0.2) is 38.8 Å². The number of fused-ring (bicyclic) bond motifs is 2. The van der Waals surface area contributed by atoms with E-state index in [0.717, 1.165) is 29.5 Å². The Kier molecular flexibility index (Phi) is 6.80. The second-order valence-corrected chi connectivity index (χ2v) is 8.16. The van der Waals surface area contributed by atoms with Gasteiger partial charge in [0.2, 0.25) is 0 Å². The molecule has 2 aromatic rings. The van der Waals surface area contributed by atoms with Crippen LogP contribution in [-0.4, -0.2) is 46.3 Å². The second kappa shape index (κ2) is 9.63. The predicted octanol–water partition coefficient (Wildman–Crippen LogP) is 2.15. The summed E-state index contributed by atoms with van der Waals surface area (Å²) in [7, 11) is 1.50. The van der Waals surface area contributed by atoms with E-state index >= 15 is 0 Å². The first-order valence-electron chi connectivity index (χ1n) is 10.8. The fourth-order valence-corrected chi connectivity index (χ4v) is 4.20. The summed E-state index contributed by atoms with van der Waals surface area (Å²) in [6, 6.07) is 5.12. The van der Waals surface area contributed by atoms with E-state index in [1.165, 1.54) is 23.7 Å². The van der Waals surface area contributed by atoms with Gasteiger partial charge in [-0.2, -0.15) is 4.99 Å². The molecule has 1 aliphatic heterocycles. The largest absolute Gasteiger partial charge is 0.573 e.